The third-order valence-electron chi connectivity index (χ3n) is 3.46. The molecule has 0 saturated heterocycles. The van der Waals surface area contributed by atoms with E-state index in [4.69, 9.17) is 16.3 Å². The van der Waals surface area contributed by atoms with Gasteiger partial charge in [-0.15, -0.1) is 0 Å². The average molecular weight is 416 g/mol. The SMILES string of the molecule is O=C(COC(=O)c1ccc(COCC(F)(F)F)cc1)NCc1ccc(Cl)cc1. The molecule has 0 aliphatic rings. The molecule has 0 bridgehead atoms. The van der Waals surface area contributed by atoms with E-state index in [-0.39, 0.29) is 18.7 Å². The van der Waals surface area contributed by atoms with Crippen molar-refractivity contribution in [2.75, 3.05) is 13.2 Å². The molecule has 0 fully saturated rings. The maximum atomic E-state index is 12.0. The summed E-state index contributed by atoms with van der Waals surface area (Å²) >= 11 is 5.77. The van der Waals surface area contributed by atoms with Gasteiger partial charge >= 0.3 is 12.1 Å². The van der Waals surface area contributed by atoms with Gasteiger partial charge in [0.15, 0.2) is 6.61 Å². The van der Waals surface area contributed by atoms with Crippen LogP contribution in [-0.2, 0) is 27.4 Å². The highest BCUT2D eigenvalue weighted by atomic mass is 35.5. The van der Waals surface area contributed by atoms with Gasteiger partial charge in [-0.2, -0.15) is 13.2 Å². The molecule has 2 aromatic rings. The fourth-order valence-corrected chi connectivity index (χ4v) is 2.22. The first-order chi connectivity index (χ1) is 13.2. The number of benzene rings is 2. The molecular weight excluding hydrogens is 399 g/mol. The average Bonchev–Trinajstić information content (AvgIpc) is 2.65. The van der Waals surface area contributed by atoms with Crippen molar-refractivity contribution in [1.82, 2.24) is 5.32 Å². The van der Waals surface area contributed by atoms with Gasteiger partial charge in [-0.1, -0.05) is 35.9 Å². The van der Waals surface area contributed by atoms with Crippen LogP contribution in [0.25, 0.3) is 0 Å². The van der Waals surface area contributed by atoms with Crippen LogP contribution in [-0.4, -0.2) is 31.3 Å². The Morgan fingerprint density at radius 1 is 0.964 bits per heavy atom. The van der Waals surface area contributed by atoms with E-state index >= 15 is 0 Å². The summed E-state index contributed by atoms with van der Waals surface area (Å²) in [5, 5.41) is 3.19. The summed E-state index contributed by atoms with van der Waals surface area (Å²) in [6.45, 7) is -1.77. The van der Waals surface area contributed by atoms with Crippen LogP contribution in [0, 0.1) is 0 Å². The summed E-state index contributed by atoms with van der Waals surface area (Å²) in [7, 11) is 0. The van der Waals surface area contributed by atoms with Crippen molar-refractivity contribution in [3.63, 3.8) is 0 Å². The van der Waals surface area contributed by atoms with Crippen molar-refractivity contribution in [3.8, 4) is 0 Å². The number of amides is 1. The Morgan fingerprint density at radius 3 is 2.18 bits per heavy atom. The first-order valence-electron chi connectivity index (χ1n) is 8.14. The van der Waals surface area contributed by atoms with Crippen LogP contribution in [0.1, 0.15) is 21.5 Å². The molecule has 150 valence electrons. The molecule has 0 unspecified atom stereocenters. The molecule has 0 aliphatic heterocycles. The van der Waals surface area contributed by atoms with Crippen molar-refractivity contribution in [2.45, 2.75) is 19.3 Å². The number of esters is 1. The molecule has 0 spiro atoms. The fourth-order valence-electron chi connectivity index (χ4n) is 2.09. The summed E-state index contributed by atoms with van der Waals surface area (Å²) in [5.41, 5.74) is 1.49. The van der Waals surface area contributed by atoms with Gasteiger partial charge in [0.1, 0.15) is 6.61 Å². The van der Waals surface area contributed by atoms with Crippen molar-refractivity contribution >= 4 is 23.5 Å². The zero-order chi connectivity index (χ0) is 20.6. The topological polar surface area (TPSA) is 64.6 Å². The monoisotopic (exact) mass is 415 g/mol. The lowest BCUT2D eigenvalue weighted by Crippen LogP contribution is -2.28. The van der Waals surface area contributed by atoms with Gasteiger partial charge < -0.3 is 14.8 Å². The Bertz CT molecular complexity index is 792. The number of alkyl halides is 3. The van der Waals surface area contributed by atoms with Gasteiger partial charge in [-0.3, -0.25) is 4.79 Å². The Balaban J connectivity index is 1.73. The Labute approximate surface area is 164 Å². The molecule has 28 heavy (non-hydrogen) atoms. The standard InChI is InChI=1S/C19H17ClF3NO4/c20-16-7-3-13(4-8-16)9-24-17(25)11-28-18(26)15-5-1-14(2-6-15)10-27-12-19(21,22)23/h1-8H,9-12H2,(H,24,25). The van der Waals surface area contributed by atoms with Crippen molar-refractivity contribution in [3.05, 3.63) is 70.2 Å². The van der Waals surface area contributed by atoms with E-state index in [9.17, 15) is 22.8 Å². The summed E-state index contributed by atoms with van der Waals surface area (Å²) in [6.07, 6.45) is -4.39. The van der Waals surface area contributed by atoms with E-state index in [1.807, 2.05) is 0 Å². The highest BCUT2D eigenvalue weighted by molar-refractivity contribution is 6.30. The second-order valence-corrected chi connectivity index (χ2v) is 6.22. The zero-order valence-corrected chi connectivity index (χ0v) is 15.3. The number of hydrogen-bond donors (Lipinski definition) is 1. The highest BCUT2D eigenvalue weighted by Crippen LogP contribution is 2.16. The lowest BCUT2D eigenvalue weighted by atomic mass is 10.1. The van der Waals surface area contributed by atoms with Crippen LogP contribution < -0.4 is 5.32 Å². The van der Waals surface area contributed by atoms with Gasteiger partial charge in [0.2, 0.25) is 0 Å². The van der Waals surface area contributed by atoms with Crippen molar-refractivity contribution in [1.29, 1.82) is 0 Å². The van der Waals surface area contributed by atoms with Crippen LogP contribution >= 0.6 is 11.6 Å². The number of nitrogens with one attached hydrogen (secondary N) is 1. The Morgan fingerprint density at radius 2 is 1.57 bits per heavy atom. The second kappa shape index (κ2) is 10.1. The molecule has 5 nitrogen and oxygen atoms in total. The van der Waals surface area contributed by atoms with Gasteiger partial charge in [0.25, 0.3) is 5.91 Å². The molecule has 0 heterocycles. The number of rotatable bonds is 8. The molecular formula is C19H17ClF3NO4. The van der Waals surface area contributed by atoms with E-state index in [1.54, 1.807) is 24.3 Å². The van der Waals surface area contributed by atoms with E-state index in [1.165, 1.54) is 24.3 Å². The van der Waals surface area contributed by atoms with Gasteiger partial charge in [0.05, 0.1) is 12.2 Å². The normalized spacial score (nSPS) is 11.1. The molecule has 1 N–H and O–H groups in total. The van der Waals surface area contributed by atoms with Crippen LogP contribution in [0.4, 0.5) is 13.2 Å². The Hall–Kier alpha value is -2.58. The minimum atomic E-state index is -4.39. The molecule has 0 aromatic heterocycles. The molecule has 1 amide bonds. The number of hydrogen-bond acceptors (Lipinski definition) is 4. The van der Waals surface area contributed by atoms with Gasteiger partial charge in [-0.25, -0.2) is 4.79 Å². The van der Waals surface area contributed by atoms with E-state index in [0.29, 0.717) is 10.6 Å². The summed E-state index contributed by atoms with van der Waals surface area (Å²) in [5.74, 6) is -1.19. The zero-order valence-electron chi connectivity index (χ0n) is 14.6. The third kappa shape index (κ3) is 7.98. The molecule has 0 aliphatic carbocycles. The van der Waals surface area contributed by atoms with Crippen molar-refractivity contribution in [2.24, 2.45) is 0 Å². The first-order valence-corrected chi connectivity index (χ1v) is 8.52. The fraction of sp³-hybridized carbons (Fsp3) is 0.263. The Kier molecular flexibility index (Phi) is 7.83. The molecule has 9 heteroatoms. The maximum Gasteiger partial charge on any atom is 0.411 e. The van der Waals surface area contributed by atoms with Crippen LogP contribution in [0.15, 0.2) is 48.5 Å². The summed E-state index contributed by atoms with van der Waals surface area (Å²) in [6, 6.07) is 12.6. The van der Waals surface area contributed by atoms with Gasteiger partial charge in [0, 0.05) is 11.6 Å². The molecule has 0 atom stereocenters. The first kappa shape index (κ1) is 21.7. The molecule has 0 radical (unpaired) electrons. The maximum absolute atomic E-state index is 12.0. The van der Waals surface area contributed by atoms with Gasteiger partial charge in [-0.05, 0) is 35.4 Å². The van der Waals surface area contributed by atoms with Crippen LogP contribution in [0.5, 0.6) is 0 Å². The van der Waals surface area contributed by atoms with E-state index < -0.39 is 31.3 Å². The lowest BCUT2D eigenvalue weighted by Gasteiger charge is -2.09. The van der Waals surface area contributed by atoms with Crippen LogP contribution in [0.2, 0.25) is 5.02 Å². The number of ether oxygens (including phenoxy) is 2. The second-order valence-electron chi connectivity index (χ2n) is 5.78. The number of carbonyl (C=O) groups excluding carboxylic acids is 2. The summed E-state index contributed by atoms with van der Waals surface area (Å²) < 4.78 is 45.5. The predicted octanol–water partition coefficient (Wildman–Crippen LogP) is 3.89. The van der Waals surface area contributed by atoms with Crippen molar-refractivity contribution < 1.29 is 32.2 Å². The number of halogens is 4. The smallest absolute Gasteiger partial charge is 0.411 e. The quantitative estimate of drug-likeness (QED) is 0.664. The highest BCUT2D eigenvalue weighted by Gasteiger charge is 2.27. The van der Waals surface area contributed by atoms with Crippen LogP contribution in [0.3, 0.4) is 0 Å². The summed E-state index contributed by atoms with van der Waals surface area (Å²) in [4.78, 5) is 23.7. The minimum absolute atomic E-state index is 0.171. The van der Waals surface area contributed by atoms with E-state index in [2.05, 4.69) is 10.1 Å². The molecule has 0 saturated carbocycles. The third-order valence-corrected chi connectivity index (χ3v) is 3.71. The molecule has 2 rings (SSSR count). The number of carbonyl (C=O) groups is 2. The largest absolute Gasteiger partial charge is 0.452 e. The predicted molar refractivity (Wildman–Crippen MR) is 95.7 cm³/mol. The lowest BCUT2D eigenvalue weighted by molar-refractivity contribution is -0.176. The minimum Gasteiger partial charge on any atom is -0.452 e. The molecule has 2 aromatic carbocycles. The van der Waals surface area contributed by atoms with E-state index in [0.717, 1.165) is 5.56 Å².